The fraction of sp³-hybridized carbons (Fsp3) is 0.263. The average molecular weight is 326 g/mol. The highest BCUT2D eigenvalue weighted by atomic mass is 16.5. The van der Waals surface area contributed by atoms with Gasteiger partial charge in [0.25, 0.3) is 5.91 Å². The summed E-state index contributed by atoms with van der Waals surface area (Å²) in [5.74, 6) is 0.906. The first-order valence-electron chi connectivity index (χ1n) is 7.80. The molecule has 0 aliphatic heterocycles. The number of carbonyl (C=O) groups is 1. The molecular weight excluding hydrogens is 304 g/mol. The Bertz CT molecular complexity index is 739. The van der Waals surface area contributed by atoms with Crippen molar-refractivity contribution in [3.63, 3.8) is 0 Å². The first-order chi connectivity index (χ1) is 11.5. The number of nitrogens with one attached hydrogen (secondary N) is 1. The van der Waals surface area contributed by atoms with E-state index in [1.165, 1.54) is 11.8 Å². The van der Waals surface area contributed by atoms with Crippen molar-refractivity contribution in [2.75, 3.05) is 6.61 Å². The summed E-state index contributed by atoms with van der Waals surface area (Å²) >= 11 is 0. The van der Waals surface area contributed by atoms with Gasteiger partial charge < -0.3 is 9.84 Å². The van der Waals surface area contributed by atoms with Crippen LogP contribution in [0.2, 0.25) is 0 Å². The molecule has 0 heterocycles. The number of phenolic OH excluding ortho intramolecular Hbond substituents is 1. The topological polar surface area (TPSA) is 70.9 Å². The Balaban J connectivity index is 1.84. The van der Waals surface area contributed by atoms with Crippen molar-refractivity contribution in [1.29, 1.82) is 0 Å². The van der Waals surface area contributed by atoms with Crippen LogP contribution in [-0.2, 0) is 4.79 Å². The van der Waals surface area contributed by atoms with Gasteiger partial charge in [0.1, 0.15) is 11.5 Å². The molecule has 0 fully saturated rings. The maximum atomic E-state index is 11.7. The summed E-state index contributed by atoms with van der Waals surface area (Å²) in [5.41, 5.74) is 5.49. The second-order valence-corrected chi connectivity index (χ2v) is 5.85. The van der Waals surface area contributed by atoms with Crippen molar-refractivity contribution >= 4 is 12.1 Å². The lowest BCUT2D eigenvalue weighted by atomic mass is 9.98. The van der Waals surface area contributed by atoms with E-state index in [1.54, 1.807) is 24.3 Å². The Hall–Kier alpha value is -2.82. The van der Waals surface area contributed by atoms with Crippen molar-refractivity contribution in [1.82, 2.24) is 5.43 Å². The van der Waals surface area contributed by atoms with Gasteiger partial charge in [-0.2, -0.15) is 5.10 Å². The molecule has 2 N–H and O–H groups in total. The predicted molar refractivity (Wildman–Crippen MR) is 94.6 cm³/mol. The summed E-state index contributed by atoms with van der Waals surface area (Å²) in [4.78, 5) is 11.7. The highest BCUT2D eigenvalue weighted by molar-refractivity contribution is 5.83. The Labute approximate surface area is 142 Å². The highest BCUT2D eigenvalue weighted by Gasteiger charge is 2.06. The Morgan fingerprint density at radius 2 is 2.08 bits per heavy atom. The number of hydrogen-bond acceptors (Lipinski definition) is 4. The number of aryl methyl sites for hydroxylation is 1. The van der Waals surface area contributed by atoms with Gasteiger partial charge in [0, 0.05) is 0 Å². The number of hydrazone groups is 1. The summed E-state index contributed by atoms with van der Waals surface area (Å²) in [7, 11) is 0. The zero-order valence-corrected chi connectivity index (χ0v) is 14.1. The Morgan fingerprint density at radius 1 is 1.29 bits per heavy atom. The van der Waals surface area contributed by atoms with Gasteiger partial charge in [-0.1, -0.05) is 32.0 Å². The van der Waals surface area contributed by atoms with Crippen LogP contribution < -0.4 is 10.2 Å². The van der Waals surface area contributed by atoms with Gasteiger partial charge in [0.15, 0.2) is 6.61 Å². The van der Waals surface area contributed by atoms with Crippen LogP contribution >= 0.6 is 0 Å². The minimum atomic E-state index is -0.350. The molecule has 0 saturated carbocycles. The van der Waals surface area contributed by atoms with E-state index in [1.807, 2.05) is 25.1 Å². The van der Waals surface area contributed by atoms with Crippen LogP contribution in [0.4, 0.5) is 0 Å². The standard InChI is InChI=1S/C19H22N2O3/c1-13(2)18-8-7-17(9-14(18)3)24-12-19(23)21-20-11-15-5-4-6-16(22)10-15/h4-11,13,22H,12H2,1-3H3,(H,21,23)/b20-11+. The minimum absolute atomic E-state index is 0.113. The Kier molecular flexibility index (Phi) is 5.95. The molecule has 5 heteroatoms. The number of phenols is 1. The summed E-state index contributed by atoms with van der Waals surface area (Å²) in [6.07, 6.45) is 1.46. The maximum Gasteiger partial charge on any atom is 0.277 e. The second kappa shape index (κ2) is 8.15. The van der Waals surface area contributed by atoms with Gasteiger partial charge in [-0.25, -0.2) is 5.43 Å². The van der Waals surface area contributed by atoms with Crippen LogP contribution in [0.1, 0.15) is 36.5 Å². The molecule has 0 aliphatic rings. The molecule has 24 heavy (non-hydrogen) atoms. The lowest BCUT2D eigenvalue weighted by Gasteiger charge is -2.12. The molecule has 1 amide bonds. The normalized spacial score (nSPS) is 11.0. The van der Waals surface area contributed by atoms with E-state index in [0.717, 1.165) is 5.56 Å². The van der Waals surface area contributed by atoms with Gasteiger partial charge >= 0.3 is 0 Å². The SMILES string of the molecule is Cc1cc(OCC(=O)N/N=C/c2cccc(O)c2)ccc1C(C)C. The van der Waals surface area contributed by atoms with E-state index >= 15 is 0 Å². The van der Waals surface area contributed by atoms with Crippen LogP contribution in [0, 0.1) is 6.92 Å². The molecule has 0 spiro atoms. The zero-order valence-electron chi connectivity index (χ0n) is 14.1. The van der Waals surface area contributed by atoms with Gasteiger partial charge in [-0.15, -0.1) is 0 Å². The van der Waals surface area contributed by atoms with Gasteiger partial charge in [-0.05, 0) is 53.8 Å². The average Bonchev–Trinajstić information content (AvgIpc) is 2.53. The van der Waals surface area contributed by atoms with Crippen molar-refractivity contribution in [2.45, 2.75) is 26.7 Å². The van der Waals surface area contributed by atoms with Crippen LogP contribution in [0.25, 0.3) is 0 Å². The van der Waals surface area contributed by atoms with E-state index in [9.17, 15) is 9.90 Å². The maximum absolute atomic E-state index is 11.7. The monoisotopic (exact) mass is 326 g/mol. The fourth-order valence-corrected chi connectivity index (χ4v) is 2.35. The third kappa shape index (κ3) is 5.12. The van der Waals surface area contributed by atoms with Crippen LogP contribution in [0.5, 0.6) is 11.5 Å². The van der Waals surface area contributed by atoms with Crippen molar-refractivity contribution in [2.24, 2.45) is 5.10 Å². The molecule has 2 rings (SSSR count). The first kappa shape index (κ1) is 17.5. The van der Waals surface area contributed by atoms with Crippen molar-refractivity contribution in [3.05, 3.63) is 59.2 Å². The molecule has 0 unspecified atom stereocenters. The van der Waals surface area contributed by atoms with Crippen LogP contribution in [0.3, 0.4) is 0 Å². The molecule has 2 aromatic carbocycles. The summed E-state index contributed by atoms with van der Waals surface area (Å²) < 4.78 is 5.48. The van der Waals surface area contributed by atoms with Gasteiger partial charge in [0.2, 0.25) is 0 Å². The molecule has 0 aliphatic carbocycles. The molecule has 0 radical (unpaired) electrons. The number of aromatic hydroxyl groups is 1. The summed E-state index contributed by atoms with van der Waals surface area (Å²) in [6.45, 7) is 6.20. The predicted octanol–water partition coefficient (Wildman–Crippen LogP) is 3.35. The smallest absolute Gasteiger partial charge is 0.277 e. The number of nitrogens with zero attached hydrogens (tertiary/aromatic N) is 1. The lowest BCUT2D eigenvalue weighted by molar-refractivity contribution is -0.123. The second-order valence-electron chi connectivity index (χ2n) is 5.85. The Morgan fingerprint density at radius 3 is 2.75 bits per heavy atom. The van der Waals surface area contributed by atoms with Crippen molar-refractivity contribution < 1.29 is 14.6 Å². The third-order valence-electron chi connectivity index (χ3n) is 3.51. The van der Waals surface area contributed by atoms with E-state index in [4.69, 9.17) is 4.74 Å². The van der Waals surface area contributed by atoms with E-state index < -0.39 is 0 Å². The third-order valence-corrected chi connectivity index (χ3v) is 3.51. The molecule has 2 aromatic rings. The molecule has 5 nitrogen and oxygen atoms in total. The molecule has 0 atom stereocenters. The fourth-order valence-electron chi connectivity index (χ4n) is 2.35. The summed E-state index contributed by atoms with van der Waals surface area (Å²) in [5, 5.41) is 13.2. The zero-order chi connectivity index (χ0) is 17.5. The molecule has 0 bridgehead atoms. The molecular formula is C19H22N2O3. The molecule has 0 saturated heterocycles. The minimum Gasteiger partial charge on any atom is -0.508 e. The summed E-state index contributed by atoms with van der Waals surface area (Å²) in [6, 6.07) is 12.4. The largest absolute Gasteiger partial charge is 0.508 e. The van der Waals surface area contributed by atoms with Gasteiger partial charge in [-0.3, -0.25) is 4.79 Å². The quantitative estimate of drug-likeness (QED) is 0.632. The molecule has 126 valence electrons. The number of carbonyl (C=O) groups excluding carboxylic acids is 1. The number of amides is 1. The number of ether oxygens (including phenoxy) is 1. The molecule has 0 aromatic heterocycles. The van der Waals surface area contributed by atoms with Crippen molar-refractivity contribution in [3.8, 4) is 11.5 Å². The number of rotatable bonds is 6. The van der Waals surface area contributed by atoms with E-state index in [2.05, 4.69) is 24.4 Å². The van der Waals surface area contributed by atoms with E-state index in [-0.39, 0.29) is 18.3 Å². The van der Waals surface area contributed by atoms with Crippen LogP contribution in [-0.4, -0.2) is 23.8 Å². The number of hydrogen-bond donors (Lipinski definition) is 2. The van der Waals surface area contributed by atoms with Crippen LogP contribution in [0.15, 0.2) is 47.6 Å². The van der Waals surface area contributed by atoms with E-state index in [0.29, 0.717) is 17.2 Å². The van der Waals surface area contributed by atoms with Gasteiger partial charge in [0.05, 0.1) is 6.21 Å². The first-order valence-corrected chi connectivity index (χ1v) is 7.80. The lowest BCUT2D eigenvalue weighted by Crippen LogP contribution is -2.24. The number of benzene rings is 2. The highest BCUT2D eigenvalue weighted by Crippen LogP contribution is 2.23.